The molecule has 31 heavy (non-hydrogen) atoms. The summed E-state index contributed by atoms with van der Waals surface area (Å²) >= 11 is 0. The molecule has 3 rings (SSSR count). The molecule has 2 N–H and O–H groups in total. The highest BCUT2D eigenvalue weighted by Crippen LogP contribution is 2.20. The van der Waals surface area contributed by atoms with Gasteiger partial charge in [0, 0.05) is 24.2 Å². The molecule has 2 amide bonds. The van der Waals surface area contributed by atoms with Crippen LogP contribution in [-0.2, 0) is 14.2 Å². The van der Waals surface area contributed by atoms with Crippen molar-refractivity contribution in [3.63, 3.8) is 0 Å². The Kier molecular flexibility index (Phi) is 7.79. The zero-order valence-corrected chi connectivity index (χ0v) is 18.2. The maximum absolute atomic E-state index is 12.6. The van der Waals surface area contributed by atoms with Crippen molar-refractivity contribution >= 4 is 11.8 Å². The predicted octanol–water partition coefficient (Wildman–Crippen LogP) is 2.69. The second kappa shape index (κ2) is 10.5. The summed E-state index contributed by atoms with van der Waals surface area (Å²) in [6, 6.07) is 16.4. The second-order valence-electron chi connectivity index (χ2n) is 7.91. The molecule has 0 unspecified atom stereocenters. The van der Waals surface area contributed by atoms with Crippen LogP contribution in [0.2, 0.25) is 0 Å². The van der Waals surface area contributed by atoms with Crippen LogP contribution in [0, 0.1) is 6.92 Å². The van der Waals surface area contributed by atoms with Gasteiger partial charge in [0.2, 0.25) is 0 Å². The molecule has 7 nitrogen and oxygen atoms in total. The number of hydrogen-bond acceptors (Lipinski definition) is 5. The molecule has 7 heteroatoms. The van der Waals surface area contributed by atoms with E-state index >= 15 is 0 Å². The lowest BCUT2D eigenvalue weighted by atomic mass is 10.1. The standard InChI is InChI=1S/C24H30N2O5/c1-17-9-7-8-12-19(17)23(28)26-15-20-21(31-24(2,3)30-14-13-29-20)16-25-22(27)18-10-5-4-6-11-18/h4-12,20-21H,13-16H2,1-3H3,(H,25,27)(H,26,28)/t20-,21+/m1/s1. The third-order valence-electron chi connectivity index (χ3n) is 5.07. The number of carbonyl (C=O) groups is 2. The van der Waals surface area contributed by atoms with E-state index in [-0.39, 0.29) is 24.9 Å². The van der Waals surface area contributed by atoms with E-state index in [9.17, 15) is 9.59 Å². The quantitative estimate of drug-likeness (QED) is 0.742. The third-order valence-corrected chi connectivity index (χ3v) is 5.07. The van der Waals surface area contributed by atoms with Gasteiger partial charge in [-0.15, -0.1) is 0 Å². The highest BCUT2D eigenvalue weighted by atomic mass is 16.7. The SMILES string of the molecule is Cc1ccccc1C(=O)NC[C@H]1OCCOC(C)(C)O[C@H]1CNC(=O)c1ccccc1. The van der Waals surface area contributed by atoms with Crippen LogP contribution in [0.1, 0.15) is 40.1 Å². The highest BCUT2D eigenvalue weighted by Gasteiger charge is 2.33. The lowest BCUT2D eigenvalue weighted by Crippen LogP contribution is -2.52. The van der Waals surface area contributed by atoms with E-state index in [2.05, 4.69) is 10.6 Å². The number of ether oxygens (including phenoxy) is 3. The summed E-state index contributed by atoms with van der Waals surface area (Å²) in [5.41, 5.74) is 2.08. The summed E-state index contributed by atoms with van der Waals surface area (Å²) in [6.45, 7) is 6.74. The Hall–Kier alpha value is -2.74. The summed E-state index contributed by atoms with van der Waals surface area (Å²) in [6.07, 6.45) is -0.965. The predicted molar refractivity (Wildman–Crippen MR) is 117 cm³/mol. The van der Waals surface area contributed by atoms with Crippen molar-refractivity contribution in [3.05, 3.63) is 71.3 Å². The van der Waals surface area contributed by atoms with E-state index in [0.29, 0.717) is 24.3 Å². The lowest BCUT2D eigenvalue weighted by molar-refractivity contribution is -0.277. The Balaban J connectivity index is 1.67. The van der Waals surface area contributed by atoms with E-state index in [0.717, 1.165) is 5.56 Å². The zero-order valence-electron chi connectivity index (χ0n) is 18.2. The number of aryl methyl sites for hydroxylation is 1. The van der Waals surface area contributed by atoms with Crippen molar-refractivity contribution in [1.82, 2.24) is 10.6 Å². The first-order valence-electron chi connectivity index (χ1n) is 10.5. The molecule has 0 bridgehead atoms. The Morgan fingerprint density at radius 1 is 0.903 bits per heavy atom. The van der Waals surface area contributed by atoms with E-state index < -0.39 is 18.0 Å². The Morgan fingerprint density at radius 2 is 1.55 bits per heavy atom. The van der Waals surface area contributed by atoms with Crippen molar-refractivity contribution in [3.8, 4) is 0 Å². The molecule has 0 saturated carbocycles. The van der Waals surface area contributed by atoms with Crippen LogP contribution in [0.4, 0.5) is 0 Å². The summed E-state index contributed by atoms with van der Waals surface area (Å²) in [5, 5.41) is 5.84. The van der Waals surface area contributed by atoms with Gasteiger partial charge in [-0.3, -0.25) is 9.59 Å². The summed E-state index contributed by atoms with van der Waals surface area (Å²) in [5.74, 6) is -1.22. The van der Waals surface area contributed by atoms with Gasteiger partial charge in [-0.2, -0.15) is 0 Å². The molecular weight excluding hydrogens is 396 g/mol. The molecule has 1 saturated heterocycles. The lowest BCUT2D eigenvalue weighted by Gasteiger charge is -2.37. The minimum Gasteiger partial charge on any atom is -0.371 e. The van der Waals surface area contributed by atoms with Gasteiger partial charge in [0.05, 0.1) is 13.2 Å². The van der Waals surface area contributed by atoms with Gasteiger partial charge in [0.15, 0.2) is 5.79 Å². The maximum Gasteiger partial charge on any atom is 0.251 e. The second-order valence-corrected chi connectivity index (χ2v) is 7.91. The van der Waals surface area contributed by atoms with Crippen LogP contribution >= 0.6 is 0 Å². The van der Waals surface area contributed by atoms with Crippen LogP contribution in [0.15, 0.2) is 54.6 Å². The van der Waals surface area contributed by atoms with E-state index in [1.807, 2.05) is 57.2 Å². The minimum atomic E-state index is -0.843. The average Bonchev–Trinajstić information content (AvgIpc) is 2.75. The molecule has 0 radical (unpaired) electrons. The van der Waals surface area contributed by atoms with Crippen molar-refractivity contribution in [2.45, 2.75) is 38.8 Å². The fourth-order valence-corrected chi connectivity index (χ4v) is 3.43. The molecule has 2 aromatic rings. The number of carbonyl (C=O) groups excluding carboxylic acids is 2. The molecule has 1 aliphatic heterocycles. The molecule has 2 aromatic carbocycles. The minimum absolute atomic E-state index is 0.175. The topological polar surface area (TPSA) is 85.9 Å². The van der Waals surface area contributed by atoms with Crippen LogP contribution in [0.5, 0.6) is 0 Å². The van der Waals surface area contributed by atoms with Gasteiger partial charge in [-0.25, -0.2) is 0 Å². The zero-order chi connectivity index (χ0) is 22.3. The highest BCUT2D eigenvalue weighted by molar-refractivity contribution is 5.95. The van der Waals surface area contributed by atoms with E-state index in [4.69, 9.17) is 14.2 Å². The Bertz CT molecular complexity index is 885. The molecule has 0 aromatic heterocycles. The maximum atomic E-state index is 12.6. The normalized spacial score (nSPS) is 20.9. The number of benzene rings is 2. The summed E-state index contributed by atoms with van der Waals surface area (Å²) < 4.78 is 17.8. The molecule has 0 aliphatic carbocycles. The van der Waals surface area contributed by atoms with Crippen LogP contribution in [0.25, 0.3) is 0 Å². The van der Waals surface area contributed by atoms with Gasteiger partial charge in [0.25, 0.3) is 11.8 Å². The van der Waals surface area contributed by atoms with Crippen LogP contribution in [-0.4, -0.2) is 56.1 Å². The Labute approximate surface area is 183 Å². The monoisotopic (exact) mass is 426 g/mol. The Morgan fingerprint density at radius 3 is 2.29 bits per heavy atom. The van der Waals surface area contributed by atoms with Crippen molar-refractivity contribution in [1.29, 1.82) is 0 Å². The molecule has 1 fully saturated rings. The first-order chi connectivity index (χ1) is 14.9. The molecule has 0 spiro atoms. The van der Waals surface area contributed by atoms with Gasteiger partial charge < -0.3 is 24.8 Å². The van der Waals surface area contributed by atoms with Crippen molar-refractivity contribution in [2.24, 2.45) is 0 Å². The van der Waals surface area contributed by atoms with Crippen LogP contribution in [0.3, 0.4) is 0 Å². The van der Waals surface area contributed by atoms with E-state index in [1.54, 1.807) is 18.2 Å². The van der Waals surface area contributed by atoms with Crippen molar-refractivity contribution < 1.29 is 23.8 Å². The van der Waals surface area contributed by atoms with Crippen molar-refractivity contribution in [2.75, 3.05) is 26.3 Å². The number of nitrogens with one attached hydrogen (secondary N) is 2. The first-order valence-corrected chi connectivity index (χ1v) is 10.5. The summed E-state index contributed by atoms with van der Waals surface area (Å²) in [7, 11) is 0. The summed E-state index contributed by atoms with van der Waals surface area (Å²) in [4.78, 5) is 25.1. The number of rotatable bonds is 6. The average molecular weight is 427 g/mol. The van der Waals surface area contributed by atoms with Gasteiger partial charge in [-0.05, 0) is 44.5 Å². The number of amides is 2. The third kappa shape index (κ3) is 6.62. The van der Waals surface area contributed by atoms with Gasteiger partial charge >= 0.3 is 0 Å². The number of hydrogen-bond donors (Lipinski definition) is 2. The molecular formula is C24H30N2O5. The first kappa shape index (κ1) is 22.9. The largest absolute Gasteiger partial charge is 0.371 e. The molecule has 166 valence electrons. The van der Waals surface area contributed by atoms with Gasteiger partial charge in [0.1, 0.15) is 12.2 Å². The fourth-order valence-electron chi connectivity index (χ4n) is 3.43. The van der Waals surface area contributed by atoms with Gasteiger partial charge in [-0.1, -0.05) is 36.4 Å². The van der Waals surface area contributed by atoms with E-state index in [1.165, 1.54) is 0 Å². The molecule has 1 aliphatic rings. The smallest absolute Gasteiger partial charge is 0.251 e. The molecule has 2 atom stereocenters. The fraction of sp³-hybridized carbons (Fsp3) is 0.417. The molecule has 1 heterocycles. The van der Waals surface area contributed by atoms with Crippen LogP contribution < -0.4 is 10.6 Å².